The normalized spacial score (nSPS) is 10.6. The Balaban J connectivity index is 1.64. The Labute approximate surface area is 122 Å². The average molecular weight is 281 g/mol. The second kappa shape index (κ2) is 5.88. The van der Waals surface area contributed by atoms with Gasteiger partial charge in [-0.05, 0) is 28.0 Å². The van der Waals surface area contributed by atoms with E-state index in [1.807, 2.05) is 42.5 Å². The van der Waals surface area contributed by atoms with E-state index in [1.165, 1.54) is 10.1 Å². The van der Waals surface area contributed by atoms with Gasteiger partial charge in [-0.1, -0.05) is 48.5 Å². The van der Waals surface area contributed by atoms with Crippen molar-refractivity contribution in [2.75, 3.05) is 0 Å². The fourth-order valence-corrected chi connectivity index (χ4v) is 3.16. The van der Waals surface area contributed by atoms with Gasteiger partial charge in [0, 0.05) is 11.2 Å². The summed E-state index contributed by atoms with van der Waals surface area (Å²) in [6.45, 7) is 0.585. The number of carbonyl (C=O) groups excluding carboxylic acids is 1. The van der Waals surface area contributed by atoms with Crippen LogP contribution in [0.2, 0.25) is 0 Å². The van der Waals surface area contributed by atoms with Crippen molar-refractivity contribution in [3.8, 4) is 0 Å². The van der Waals surface area contributed by atoms with Crippen molar-refractivity contribution in [2.24, 2.45) is 0 Å². The van der Waals surface area contributed by atoms with E-state index in [0.29, 0.717) is 13.0 Å². The maximum absolute atomic E-state index is 12.0. The van der Waals surface area contributed by atoms with Crippen molar-refractivity contribution in [1.29, 1.82) is 0 Å². The van der Waals surface area contributed by atoms with Gasteiger partial charge in [-0.2, -0.15) is 0 Å². The van der Waals surface area contributed by atoms with E-state index < -0.39 is 0 Å². The number of amides is 1. The molecule has 0 unspecified atom stereocenters. The van der Waals surface area contributed by atoms with Crippen LogP contribution in [0.5, 0.6) is 0 Å². The van der Waals surface area contributed by atoms with Crippen molar-refractivity contribution in [2.45, 2.75) is 13.0 Å². The lowest BCUT2D eigenvalue weighted by atomic mass is 10.1. The minimum Gasteiger partial charge on any atom is -0.352 e. The van der Waals surface area contributed by atoms with E-state index in [0.717, 1.165) is 11.1 Å². The first-order valence-corrected chi connectivity index (χ1v) is 7.46. The highest BCUT2D eigenvalue weighted by Gasteiger charge is 2.08. The number of thiophene rings is 1. The summed E-state index contributed by atoms with van der Waals surface area (Å²) in [5.41, 5.74) is 2.23. The van der Waals surface area contributed by atoms with Gasteiger partial charge >= 0.3 is 0 Å². The number of hydrogen-bond acceptors (Lipinski definition) is 2. The lowest BCUT2D eigenvalue weighted by Crippen LogP contribution is -2.24. The Hall–Kier alpha value is -2.13. The molecule has 0 aliphatic carbocycles. The zero-order valence-corrected chi connectivity index (χ0v) is 11.8. The minimum atomic E-state index is 0.0670. The van der Waals surface area contributed by atoms with E-state index in [-0.39, 0.29) is 5.91 Å². The predicted octanol–water partition coefficient (Wildman–Crippen LogP) is 3.76. The quantitative estimate of drug-likeness (QED) is 0.775. The molecule has 3 rings (SSSR count). The van der Waals surface area contributed by atoms with Crippen molar-refractivity contribution in [3.05, 3.63) is 71.1 Å². The smallest absolute Gasteiger partial charge is 0.224 e. The van der Waals surface area contributed by atoms with Gasteiger partial charge in [0.2, 0.25) is 5.91 Å². The van der Waals surface area contributed by atoms with Crippen LogP contribution in [-0.4, -0.2) is 5.91 Å². The Morgan fingerprint density at radius 3 is 2.60 bits per heavy atom. The van der Waals surface area contributed by atoms with Crippen molar-refractivity contribution in [1.82, 2.24) is 5.32 Å². The average Bonchev–Trinajstić information content (AvgIpc) is 2.90. The van der Waals surface area contributed by atoms with Crippen molar-refractivity contribution < 1.29 is 4.79 Å². The molecule has 0 radical (unpaired) electrons. The van der Waals surface area contributed by atoms with Gasteiger partial charge < -0.3 is 5.32 Å². The molecule has 0 aliphatic heterocycles. The fraction of sp³-hybridized carbons (Fsp3) is 0.118. The lowest BCUT2D eigenvalue weighted by Gasteiger charge is -2.05. The summed E-state index contributed by atoms with van der Waals surface area (Å²) in [6.07, 6.45) is 0.441. The van der Waals surface area contributed by atoms with Crippen LogP contribution in [-0.2, 0) is 17.8 Å². The predicted molar refractivity (Wildman–Crippen MR) is 83.8 cm³/mol. The first-order valence-electron chi connectivity index (χ1n) is 6.58. The maximum Gasteiger partial charge on any atom is 0.224 e. The highest BCUT2D eigenvalue weighted by Crippen LogP contribution is 2.25. The van der Waals surface area contributed by atoms with Crippen molar-refractivity contribution in [3.63, 3.8) is 0 Å². The Bertz CT molecular complexity index is 718. The minimum absolute atomic E-state index is 0.0670. The molecular weight excluding hydrogens is 266 g/mol. The largest absolute Gasteiger partial charge is 0.352 e. The second-order valence-corrected chi connectivity index (χ2v) is 5.61. The van der Waals surface area contributed by atoms with E-state index in [9.17, 15) is 4.79 Å². The summed E-state index contributed by atoms with van der Waals surface area (Å²) < 4.78 is 1.23. The molecule has 0 aliphatic rings. The van der Waals surface area contributed by atoms with Crippen LogP contribution in [0.1, 0.15) is 11.1 Å². The van der Waals surface area contributed by atoms with Crippen molar-refractivity contribution >= 4 is 27.3 Å². The molecule has 2 nitrogen and oxygen atoms in total. The van der Waals surface area contributed by atoms with Gasteiger partial charge in [0.25, 0.3) is 0 Å². The third-order valence-corrected chi connectivity index (χ3v) is 4.26. The van der Waals surface area contributed by atoms with Gasteiger partial charge in [-0.3, -0.25) is 4.79 Å². The summed E-state index contributed by atoms with van der Waals surface area (Å²) in [4.78, 5) is 12.0. The Morgan fingerprint density at radius 2 is 1.75 bits per heavy atom. The number of fused-ring (bicyclic) bond motifs is 1. The topological polar surface area (TPSA) is 29.1 Å². The van der Waals surface area contributed by atoms with Crippen LogP contribution in [0.25, 0.3) is 10.1 Å². The summed E-state index contributed by atoms with van der Waals surface area (Å²) in [5.74, 6) is 0.0670. The van der Waals surface area contributed by atoms with Gasteiger partial charge in [-0.15, -0.1) is 11.3 Å². The molecular formula is C17H15NOS. The molecule has 0 saturated heterocycles. The monoisotopic (exact) mass is 281 g/mol. The first-order chi connectivity index (χ1) is 9.83. The maximum atomic E-state index is 12.0. The molecule has 20 heavy (non-hydrogen) atoms. The Morgan fingerprint density at radius 1 is 1.00 bits per heavy atom. The molecule has 0 fully saturated rings. The molecule has 3 aromatic rings. The van der Waals surface area contributed by atoms with Crippen LogP contribution in [0.15, 0.2) is 60.0 Å². The summed E-state index contributed by atoms with van der Waals surface area (Å²) >= 11 is 1.69. The van der Waals surface area contributed by atoms with E-state index in [1.54, 1.807) is 11.3 Å². The molecule has 3 heteroatoms. The van der Waals surface area contributed by atoms with Crippen LogP contribution in [0.4, 0.5) is 0 Å². The number of carbonyl (C=O) groups is 1. The fourth-order valence-electron chi connectivity index (χ4n) is 2.20. The first kappa shape index (κ1) is 12.9. The zero-order chi connectivity index (χ0) is 13.8. The molecule has 0 saturated carbocycles. The molecule has 2 aromatic carbocycles. The Kier molecular flexibility index (Phi) is 3.79. The van der Waals surface area contributed by atoms with Crippen LogP contribution >= 0.6 is 11.3 Å². The molecule has 1 N–H and O–H groups in total. The van der Waals surface area contributed by atoms with Gasteiger partial charge in [0.1, 0.15) is 0 Å². The molecule has 0 bridgehead atoms. The van der Waals surface area contributed by atoms with Crippen LogP contribution in [0.3, 0.4) is 0 Å². The molecule has 0 atom stereocenters. The summed E-state index contributed by atoms with van der Waals surface area (Å²) in [6, 6.07) is 18.2. The van der Waals surface area contributed by atoms with Crippen LogP contribution in [0, 0.1) is 0 Å². The van der Waals surface area contributed by atoms with Gasteiger partial charge in [0.05, 0.1) is 6.42 Å². The van der Waals surface area contributed by atoms with Gasteiger partial charge in [-0.25, -0.2) is 0 Å². The SMILES string of the molecule is O=C(Cc1csc2ccccc12)NCc1ccccc1. The number of hydrogen-bond donors (Lipinski definition) is 1. The molecule has 1 aromatic heterocycles. The molecule has 0 spiro atoms. The molecule has 1 heterocycles. The highest BCUT2D eigenvalue weighted by atomic mass is 32.1. The second-order valence-electron chi connectivity index (χ2n) is 4.70. The van der Waals surface area contributed by atoms with E-state index >= 15 is 0 Å². The lowest BCUT2D eigenvalue weighted by molar-refractivity contribution is -0.120. The standard InChI is InChI=1S/C17H15NOS/c19-17(18-11-13-6-2-1-3-7-13)10-14-12-20-16-9-5-4-8-15(14)16/h1-9,12H,10-11H2,(H,18,19). The van der Waals surface area contributed by atoms with Crippen LogP contribution < -0.4 is 5.32 Å². The van der Waals surface area contributed by atoms with Gasteiger partial charge in [0.15, 0.2) is 0 Å². The number of nitrogens with one attached hydrogen (secondary N) is 1. The van der Waals surface area contributed by atoms with E-state index in [2.05, 4.69) is 22.8 Å². The molecule has 100 valence electrons. The summed E-state index contributed by atoms with van der Waals surface area (Å²) in [5, 5.41) is 6.23. The third-order valence-electron chi connectivity index (χ3n) is 3.24. The van der Waals surface area contributed by atoms with E-state index in [4.69, 9.17) is 0 Å². The number of benzene rings is 2. The number of rotatable bonds is 4. The highest BCUT2D eigenvalue weighted by molar-refractivity contribution is 7.17. The molecule has 1 amide bonds. The third kappa shape index (κ3) is 2.89. The summed E-state index contributed by atoms with van der Waals surface area (Å²) in [7, 11) is 0. The zero-order valence-electron chi connectivity index (χ0n) is 11.0.